The molecule has 0 radical (unpaired) electrons. The molecule has 0 spiro atoms. The summed E-state index contributed by atoms with van der Waals surface area (Å²) in [5.41, 5.74) is 17.9. The maximum absolute atomic E-state index is 12.7. The van der Waals surface area contributed by atoms with Crippen molar-refractivity contribution in [1.82, 2.24) is 4.90 Å². The van der Waals surface area contributed by atoms with Gasteiger partial charge in [-0.05, 0) is 43.3 Å². The molecular formula is C19H26FN5O3S. The lowest BCUT2D eigenvalue weighted by Crippen LogP contribution is -2.40. The summed E-state index contributed by atoms with van der Waals surface area (Å²) < 4.78 is 18.1. The van der Waals surface area contributed by atoms with E-state index in [0.717, 1.165) is 16.5 Å². The van der Waals surface area contributed by atoms with Gasteiger partial charge in [0.2, 0.25) is 0 Å². The molecule has 0 bridgehead atoms. The minimum absolute atomic E-state index is 0.0634. The molecule has 1 amide bonds. The molecule has 1 atom stereocenters. The van der Waals surface area contributed by atoms with Gasteiger partial charge >= 0.3 is 6.09 Å². The number of likely N-dealkylation sites (tertiary alicyclic amines) is 1. The Morgan fingerprint density at radius 1 is 1.34 bits per heavy atom. The summed E-state index contributed by atoms with van der Waals surface area (Å²) in [5, 5.41) is 12.9. The molecule has 1 aromatic carbocycles. The van der Waals surface area contributed by atoms with Gasteiger partial charge < -0.3 is 31.9 Å². The number of ether oxygens (including phenoxy) is 1. The number of nitrogens with zero attached hydrogens (tertiary/aromatic N) is 2. The lowest BCUT2D eigenvalue weighted by atomic mass is 10.1. The number of alkyl halides is 1. The number of hydrogen-bond donors (Lipinski definition) is 4. The summed E-state index contributed by atoms with van der Waals surface area (Å²) >= 11 is 1.56. The average molecular weight is 424 g/mol. The number of aliphatic imine (C=N–C) groups is 1. The highest BCUT2D eigenvalue weighted by Crippen LogP contribution is 2.35. The Kier molecular flexibility index (Phi) is 7.66. The van der Waals surface area contributed by atoms with Gasteiger partial charge in [-0.3, -0.25) is 0 Å². The highest BCUT2D eigenvalue weighted by atomic mass is 32.1. The van der Waals surface area contributed by atoms with Crippen molar-refractivity contribution >= 4 is 39.2 Å². The van der Waals surface area contributed by atoms with Crippen molar-refractivity contribution in [2.75, 3.05) is 20.2 Å². The SMILES string of the molecule is C/C(N=C(N)N)=C(/N)c1ccc2sccc2c1O.COC(=O)N1CCCC(F)C1. The largest absolute Gasteiger partial charge is 0.507 e. The van der Waals surface area contributed by atoms with Crippen LogP contribution in [0.15, 0.2) is 34.3 Å². The normalized spacial score (nSPS) is 17.1. The minimum Gasteiger partial charge on any atom is -0.507 e. The van der Waals surface area contributed by atoms with Crippen LogP contribution < -0.4 is 17.2 Å². The predicted molar refractivity (Wildman–Crippen MR) is 114 cm³/mol. The van der Waals surface area contributed by atoms with E-state index in [1.54, 1.807) is 24.3 Å². The summed E-state index contributed by atoms with van der Waals surface area (Å²) in [6.07, 6.45) is -0.000713. The number of benzene rings is 1. The Labute approximate surface area is 172 Å². The second-order valence-electron chi connectivity index (χ2n) is 6.49. The fourth-order valence-corrected chi connectivity index (χ4v) is 3.70. The van der Waals surface area contributed by atoms with Gasteiger partial charge in [-0.25, -0.2) is 14.2 Å². The number of rotatable bonds is 2. The molecule has 7 N–H and O–H groups in total. The van der Waals surface area contributed by atoms with E-state index in [1.165, 1.54) is 12.0 Å². The summed E-state index contributed by atoms with van der Waals surface area (Å²) in [7, 11) is 1.31. The van der Waals surface area contributed by atoms with E-state index in [-0.39, 0.29) is 18.3 Å². The number of nitrogens with two attached hydrogens (primary N) is 3. The van der Waals surface area contributed by atoms with Gasteiger partial charge in [-0.1, -0.05) is 0 Å². The van der Waals surface area contributed by atoms with Crippen molar-refractivity contribution < 1.29 is 19.0 Å². The number of carbonyl (C=O) groups is 1. The van der Waals surface area contributed by atoms with Gasteiger partial charge in [0.1, 0.15) is 11.9 Å². The van der Waals surface area contributed by atoms with E-state index in [1.807, 2.05) is 17.5 Å². The third-order valence-electron chi connectivity index (χ3n) is 4.38. The van der Waals surface area contributed by atoms with Crippen LogP contribution in [0.25, 0.3) is 15.8 Å². The molecule has 158 valence electrons. The van der Waals surface area contributed by atoms with Crippen LogP contribution in [0.3, 0.4) is 0 Å². The van der Waals surface area contributed by atoms with Gasteiger partial charge in [-0.2, -0.15) is 0 Å². The number of phenolic OH excluding ortho intramolecular Hbond substituents is 1. The maximum Gasteiger partial charge on any atom is 0.409 e. The number of fused-ring (bicyclic) bond motifs is 1. The zero-order valence-corrected chi connectivity index (χ0v) is 17.2. The summed E-state index contributed by atoms with van der Waals surface area (Å²) in [6.45, 7) is 2.49. The number of allylic oxidation sites excluding steroid dienone is 1. The van der Waals surface area contributed by atoms with E-state index in [0.29, 0.717) is 29.9 Å². The Hall–Kier alpha value is -3.01. The monoisotopic (exact) mass is 423 g/mol. The van der Waals surface area contributed by atoms with Gasteiger partial charge in [0.25, 0.3) is 0 Å². The van der Waals surface area contributed by atoms with Crippen LogP contribution in [0.5, 0.6) is 5.75 Å². The molecule has 8 nitrogen and oxygen atoms in total. The van der Waals surface area contributed by atoms with Crippen LogP contribution in [-0.2, 0) is 4.74 Å². The van der Waals surface area contributed by atoms with Crippen LogP contribution in [0.2, 0.25) is 0 Å². The van der Waals surface area contributed by atoms with Crippen molar-refractivity contribution in [3.05, 3.63) is 34.8 Å². The molecule has 1 saturated heterocycles. The van der Waals surface area contributed by atoms with Gasteiger partial charge in [0.15, 0.2) is 5.96 Å². The molecule has 1 aliphatic heterocycles. The molecule has 2 aromatic rings. The van der Waals surface area contributed by atoms with Crippen molar-refractivity contribution in [2.45, 2.75) is 25.9 Å². The fourth-order valence-electron chi connectivity index (χ4n) is 2.92. The minimum atomic E-state index is -0.872. The number of phenols is 1. The molecule has 3 rings (SSSR count). The molecule has 0 aliphatic carbocycles. The fraction of sp³-hybridized carbons (Fsp3) is 0.368. The van der Waals surface area contributed by atoms with E-state index in [4.69, 9.17) is 17.2 Å². The molecular weight excluding hydrogens is 397 g/mol. The summed E-state index contributed by atoms with van der Waals surface area (Å²) in [5.74, 6) is 0.0861. The first-order chi connectivity index (χ1) is 13.7. The highest BCUT2D eigenvalue weighted by molar-refractivity contribution is 7.17. The van der Waals surface area contributed by atoms with E-state index in [9.17, 15) is 14.3 Å². The van der Waals surface area contributed by atoms with E-state index >= 15 is 0 Å². The lowest BCUT2D eigenvalue weighted by molar-refractivity contribution is 0.0919. The Balaban J connectivity index is 0.000000234. The van der Waals surface area contributed by atoms with Crippen molar-refractivity contribution in [3.63, 3.8) is 0 Å². The topological polar surface area (TPSA) is 140 Å². The quantitative estimate of drug-likeness (QED) is 0.432. The molecule has 0 saturated carbocycles. The summed E-state index contributed by atoms with van der Waals surface area (Å²) in [6, 6.07) is 5.52. The van der Waals surface area contributed by atoms with Crippen LogP contribution in [0, 0.1) is 0 Å². The molecule has 2 heterocycles. The first kappa shape index (κ1) is 22.3. The van der Waals surface area contributed by atoms with E-state index < -0.39 is 12.3 Å². The van der Waals surface area contributed by atoms with Crippen LogP contribution in [0.4, 0.5) is 9.18 Å². The van der Waals surface area contributed by atoms with Gasteiger partial charge in [0.05, 0.1) is 25.0 Å². The second-order valence-corrected chi connectivity index (χ2v) is 7.43. The van der Waals surface area contributed by atoms with Crippen LogP contribution in [-0.4, -0.2) is 48.4 Å². The number of halogens is 1. The third kappa shape index (κ3) is 5.74. The van der Waals surface area contributed by atoms with Crippen molar-refractivity contribution in [1.29, 1.82) is 0 Å². The maximum atomic E-state index is 12.7. The number of thiophene rings is 1. The first-order valence-electron chi connectivity index (χ1n) is 8.97. The van der Waals surface area contributed by atoms with Crippen LogP contribution >= 0.6 is 11.3 Å². The van der Waals surface area contributed by atoms with Gasteiger partial charge in [-0.15, -0.1) is 11.3 Å². The number of amides is 1. The smallest absolute Gasteiger partial charge is 0.409 e. The number of hydrogen-bond acceptors (Lipinski definition) is 6. The molecule has 10 heteroatoms. The highest BCUT2D eigenvalue weighted by Gasteiger charge is 2.23. The van der Waals surface area contributed by atoms with Crippen molar-refractivity contribution in [2.24, 2.45) is 22.2 Å². The van der Waals surface area contributed by atoms with Crippen molar-refractivity contribution in [3.8, 4) is 5.75 Å². The zero-order valence-electron chi connectivity index (χ0n) is 16.4. The molecule has 1 unspecified atom stereocenters. The third-order valence-corrected chi connectivity index (χ3v) is 5.26. The number of aromatic hydroxyl groups is 1. The lowest BCUT2D eigenvalue weighted by Gasteiger charge is -2.27. The predicted octanol–water partition coefficient (Wildman–Crippen LogP) is 2.71. The standard InChI is InChI=1S/C12H14N4OS.C7H12FNO2/c1-6(16-12(14)15)10(13)8-2-3-9-7(11(8)17)4-5-18-9;1-11-7(10)9-4-2-3-6(8)5-9/h2-5,17H,13H2,1H3,(H4,14,15,16);6H,2-5H2,1H3/b10-6-;. The second kappa shape index (κ2) is 9.97. The Morgan fingerprint density at radius 3 is 2.69 bits per heavy atom. The molecule has 29 heavy (non-hydrogen) atoms. The number of methoxy groups -OCH3 is 1. The summed E-state index contributed by atoms with van der Waals surface area (Å²) in [4.78, 5) is 16.1. The Morgan fingerprint density at radius 2 is 2.07 bits per heavy atom. The van der Waals surface area contributed by atoms with E-state index in [2.05, 4.69) is 9.73 Å². The average Bonchev–Trinajstić information content (AvgIpc) is 3.17. The first-order valence-corrected chi connectivity index (χ1v) is 9.85. The number of piperidine rings is 1. The number of carbonyl (C=O) groups excluding carboxylic acids is 1. The van der Waals surface area contributed by atoms with Crippen LogP contribution in [0.1, 0.15) is 25.3 Å². The molecule has 1 aliphatic rings. The number of guanidine groups is 1. The Bertz CT molecular complexity index is 924. The van der Waals surface area contributed by atoms with Gasteiger partial charge in [0, 0.05) is 22.2 Å². The zero-order chi connectivity index (χ0) is 21.6. The molecule has 1 aromatic heterocycles. The molecule has 1 fully saturated rings.